The Labute approximate surface area is 186 Å². The third kappa shape index (κ3) is 8.71. The summed E-state index contributed by atoms with van der Waals surface area (Å²) in [5.41, 5.74) is 8.35. The van der Waals surface area contributed by atoms with Crippen molar-refractivity contribution in [3.8, 4) is 0 Å². The van der Waals surface area contributed by atoms with Gasteiger partial charge in [-0.05, 0) is 77.3 Å². The maximum atomic E-state index is 13.2. The number of allylic oxidation sites excluding steroid dienone is 5. The summed E-state index contributed by atoms with van der Waals surface area (Å²) in [6.07, 6.45) is 10.7. The van der Waals surface area contributed by atoms with Crippen molar-refractivity contribution in [1.29, 1.82) is 0 Å². The van der Waals surface area contributed by atoms with E-state index in [1.165, 1.54) is 6.08 Å². The molecule has 2 rings (SSSR count). The predicted octanol–water partition coefficient (Wildman–Crippen LogP) is 2.48. The quantitative estimate of drug-likeness (QED) is 0.433. The molecule has 31 heavy (non-hydrogen) atoms. The molecule has 2 amide bonds. The average Bonchev–Trinajstić information content (AvgIpc) is 3.05. The van der Waals surface area contributed by atoms with Crippen LogP contribution < -0.4 is 11.1 Å². The van der Waals surface area contributed by atoms with Gasteiger partial charge in [-0.3, -0.25) is 9.59 Å². The number of rotatable bonds is 9. The minimum atomic E-state index is -0.271. The van der Waals surface area contributed by atoms with Gasteiger partial charge in [-0.1, -0.05) is 6.08 Å². The number of nitrogens with two attached hydrogens (primary N) is 1. The van der Waals surface area contributed by atoms with Crippen molar-refractivity contribution >= 4 is 11.8 Å². The third-order valence-electron chi connectivity index (χ3n) is 5.44. The minimum Gasteiger partial charge on any atom is -0.402 e. The van der Waals surface area contributed by atoms with E-state index in [1.807, 2.05) is 37.0 Å². The first-order valence-electron chi connectivity index (χ1n) is 11.3. The number of carbonyl (C=O) groups excluding carboxylic acids is 2. The van der Waals surface area contributed by atoms with Crippen molar-refractivity contribution in [3.63, 3.8) is 0 Å². The molecular formula is C24H38N4O3. The Balaban J connectivity index is 1.94. The summed E-state index contributed by atoms with van der Waals surface area (Å²) in [6.45, 7) is 11.7. The molecule has 0 aromatic carbocycles. The van der Waals surface area contributed by atoms with Gasteiger partial charge in [0.25, 0.3) is 0 Å². The molecule has 1 saturated heterocycles. The highest BCUT2D eigenvalue weighted by Crippen LogP contribution is 2.20. The van der Waals surface area contributed by atoms with Gasteiger partial charge in [0.1, 0.15) is 0 Å². The molecule has 7 nitrogen and oxygen atoms in total. The molecule has 0 atom stereocenters. The van der Waals surface area contributed by atoms with Gasteiger partial charge in [0, 0.05) is 55.9 Å². The number of hydrogen-bond donors (Lipinski definition) is 2. The van der Waals surface area contributed by atoms with E-state index in [2.05, 4.69) is 10.2 Å². The lowest BCUT2D eigenvalue weighted by atomic mass is 10.1. The molecule has 3 N–H and O–H groups in total. The van der Waals surface area contributed by atoms with Crippen molar-refractivity contribution in [1.82, 2.24) is 15.1 Å². The summed E-state index contributed by atoms with van der Waals surface area (Å²) >= 11 is 0. The highest BCUT2D eigenvalue weighted by atomic mass is 16.5. The molecule has 1 heterocycles. The SMILES string of the molecule is CCOCCCCN1CCCN(C(=O)C2=C(C)C=C(NC(=O)/C=C(\C)N)C=CC2)CC1. The van der Waals surface area contributed by atoms with Crippen molar-refractivity contribution in [2.45, 2.75) is 46.5 Å². The molecule has 0 radical (unpaired) electrons. The van der Waals surface area contributed by atoms with Crippen LogP contribution in [0.4, 0.5) is 0 Å². The fourth-order valence-electron chi connectivity index (χ4n) is 3.82. The molecule has 0 saturated carbocycles. The second kappa shape index (κ2) is 13.1. The molecule has 0 spiro atoms. The van der Waals surface area contributed by atoms with Gasteiger partial charge in [-0.15, -0.1) is 0 Å². The van der Waals surface area contributed by atoms with E-state index in [-0.39, 0.29) is 11.8 Å². The van der Waals surface area contributed by atoms with Gasteiger partial charge in [-0.25, -0.2) is 0 Å². The Kier molecular flexibility index (Phi) is 10.5. The summed E-state index contributed by atoms with van der Waals surface area (Å²) < 4.78 is 5.41. The summed E-state index contributed by atoms with van der Waals surface area (Å²) in [6, 6.07) is 0. The topological polar surface area (TPSA) is 87.9 Å². The number of unbranched alkanes of at least 4 members (excludes halogenated alkanes) is 1. The fourth-order valence-corrected chi connectivity index (χ4v) is 3.82. The fraction of sp³-hybridized carbons (Fsp3) is 0.583. The van der Waals surface area contributed by atoms with E-state index in [1.54, 1.807) is 6.92 Å². The molecule has 1 fully saturated rings. The maximum absolute atomic E-state index is 13.2. The molecule has 0 aromatic heterocycles. The number of ether oxygens (including phenoxy) is 1. The van der Waals surface area contributed by atoms with Gasteiger partial charge < -0.3 is 25.6 Å². The van der Waals surface area contributed by atoms with Crippen LogP contribution in [-0.2, 0) is 14.3 Å². The second-order valence-electron chi connectivity index (χ2n) is 8.14. The van der Waals surface area contributed by atoms with Gasteiger partial charge in [0.15, 0.2) is 0 Å². The molecule has 0 bridgehead atoms. The van der Waals surface area contributed by atoms with E-state index in [0.29, 0.717) is 17.8 Å². The summed E-state index contributed by atoms with van der Waals surface area (Å²) in [5, 5.41) is 2.81. The Morgan fingerprint density at radius 2 is 2.03 bits per heavy atom. The van der Waals surface area contributed by atoms with Gasteiger partial charge >= 0.3 is 0 Å². The van der Waals surface area contributed by atoms with Crippen molar-refractivity contribution in [2.24, 2.45) is 5.73 Å². The average molecular weight is 431 g/mol. The summed E-state index contributed by atoms with van der Waals surface area (Å²) in [5.74, 6) is -0.172. The molecule has 172 valence electrons. The van der Waals surface area contributed by atoms with Gasteiger partial charge in [-0.2, -0.15) is 0 Å². The lowest BCUT2D eigenvalue weighted by Crippen LogP contribution is -2.36. The Hall–Kier alpha value is -2.38. The van der Waals surface area contributed by atoms with Crippen LogP contribution in [0, 0.1) is 0 Å². The highest BCUT2D eigenvalue weighted by Gasteiger charge is 2.23. The number of carbonyl (C=O) groups is 2. The predicted molar refractivity (Wildman–Crippen MR) is 124 cm³/mol. The molecule has 7 heteroatoms. The third-order valence-corrected chi connectivity index (χ3v) is 5.44. The molecule has 2 aliphatic rings. The van der Waals surface area contributed by atoms with Crippen molar-refractivity contribution < 1.29 is 14.3 Å². The summed E-state index contributed by atoms with van der Waals surface area (Å²) in [4.78, 5) is 29.6. The van der Waals surface area contributed by atoms with Crippen molar-refractivity contribution in [2.75, 3.05) is 45.9 Å². The van der Waals surface area contributed by atoms with E-state index in [4.69, 9.17) is 10.5 Å². The van der Waals surface area contributed by atoms with Crippen LogP contribution in [0.3, 0.4) is 0 Å². The molecule has 1 aliphatic carbocycles. The first kappa shape index (κ1) is 24.9. The van der Waals surface area contributed by atoms with Crippen LogP contribution in [0.5, 0.6) is 0 Å². The zero-order valence-electron chi connectivity index (χ0n) is 19.3. The monoisotopic (exact) mass is 430 g/mol. The second-order valence-corrected chi connectivity index (χ2v) is 8.14. The molecular weight excluding hydrogens is 392 g/mol. The Morgan fingerprint density at radius 3 is 2.77 bits per heavy atom. The number of amides is 2. The number of hydrogen-bond acceptors (Lipinski definition) is 5. The van der Waals surface area contributed by atoms with E-state index < -0.39 is 0 Å². The first-order chi connectivity index (χ1) is 14.9. The van der Waals surface area contributed by atoms with E-state index >= 15 is 0 Å². The van der Waals surface area contributed by atoms with Crippen LogP contribution in [0.15, 0.2) is 46.8 Å². The molecule has 1 aliphatic heterocycles. The van der Waals surface area contributed by atoms with Crippen LogP contribution in [-0.4, -0.2) is 67.6 Å². The number of nitrogens with one attached hydrogen (secondary N) is 1. The molecule has 0 unspecified atom stereocenters. The lowest BCUT2D eigenvalue weighted by molar-refractivity contribution is -0.127. The minimum absolute atomic E-state index is 0.0990. The first-order valence-corrected chi connectivity index (χ1v) is 11.3. The van der Waals surface area contributed by atoms with Crippen LogP contribution >= 0.6 is 0 Å². The van der Waals surface area contributed by atoms with Crippen molar-refractivity contribution in [3.05, 3.63) is 46.8 Å². The summed E-state index contributed by atoms with van der Waals surface area (Å²) in [7, 11) is 0. The Bertz CT molecular complexity index is 748. The number of nitrogens with zero attached hydrogens (tertiary/aromatic N) is 2. The zero-order chi connectivity index (χ0) is 22.6. The largest absolute Gasteiger partial charge is 0.402 e. The maximum Gasteiger partial charge on any atom is 0.250 e. The highest BCUT2D eigenvalue weighted by molar-refractivity contribution is 5.95. The van der Waals surface area contributed by atoms with Crippen LogP contribution in [0.1, 0.15) is 46.5 Å². The van der Waals surface area contributed by atoms with Crippen LogP contribution in [0.25, 0.3) is 0 Å². The zero-order valence-corrected chi connectivity index (χ0v) is 19.3. The van der Waals surface area contributed by atoms with E-state index in [9.17, 15) is 9.59 Å². The lowest BCUT2D eigenvalue weighted by Gasteiger charge is -2.23. The molecule has 0 aromatic rings. The Morgan fingerprint density at radius 1 is 1.23 bits per heavy atom. The smallest absolute Gasteiger partial charge is 0.250 e. The van der Waals surface area contributed by atoms with Gasteiger partial charge in [0.2, 0.25) is 11.8 Å². The van der Waals surface area contributed by atoms with Crippen LogP contribution in [0.2, 0.25) is 0 Å². The van der Waals surface area contributed by atoms with Gasteiger partial charge in [0.05, 0.1) is 0 Å². The van der Waals surface area contributed by atoms with E-state index in [0.717, 1.165) is 76.3 Å². The normalized spacial score (nSPS) is 18.5. The standard InChI is InChI=1S/C24H38N4O3/c1-4-31-16-6-5-11-27-12-8-13-28(15-14-27)24(30)22-10-7-9-21(17-19(22)2)26-23(29)18-20(3)25/h7,9,17-18H,4-6,8,10-16,25H2,1-3H3,(H,26,29)/b20-18+.